The van der Waals surface area contributed by atoms with E-state index in [1.165, 1.54) is 6.07 Å². The molecule has 0 fully saturated rings. The third-order valence-corrected chi connectivity index (χ3v) is 3.61. The molecule has 0 aliphatic heterocycles. The van der Waals surface area contributed by atoms with Gasteiger partial charge in [-0.2, -0.15) is 5.26 Å². The first-order valence-corrected chi connectivity index (χ1v) is 7.52. The minimum absolute atomic E-state index is 0.0246. The van der Waals surface area contributed by atoms with E-state index in [0.29, 0.717) is 11.3 Å². The van der Waals surface area contributed by atoms with Gasteiger partial charge in [-0.1, -0.05) is 60.7 Å². The van der Waals surface area contributed by atoms with Crippen LogP contribution in [-0.2, 0) is 4.89 Å². The van der Waals surface area contributed by atoms with Crippen LogP contribution in [0.3, 0.4) is 0 Å². The summed E-state index contributed by atoms with van der Waals surface area (Å²) < 4.78 is 5.37. The van der Waals surface area contributed by atoms with Gasteiger partial charge < -0.3 is 4.74 Å². The molecule has 3 rings (SSSR count). The highest BCUT2D eigenvalue weighted by molar-refractivity contribution is 6.08. The van der Waals surface area contributed by atoms with Crippen molar-refractivity contribution < 1.29 is 24.5 Å². The van der Waals surface area contributed by atoms with Gasteiger partial charge in [0.15, 0.2) is 0 Å². The lowest BCUT2D eigenvalue weighted by atomic mass is 9.95. The van der Waals surface area contributed by atoms with E-state index in [9.17, 15) is 9.59 Å². The van der Waals surface area contributed by atoms with Crippen molar-refractivity contribution in [3.05, 3.63) is 90.0 Å². The minimum atomic E-state index is -1.03. The van der Waals surface area contributed by atoms with Crippen LogP contribution in [0.1, 0.15) is 20.7 Å². The monoisotopic (exact) mass is 334 g/mol. The molecule has 5 nitrogen and oxygen atoms in total. The first-order chi connectivity index (χ1) is 12.2. The van der Waals surface area contributed by atoms with Gasteiger partial charge in [-0.05, 0) is 29.3 Å². The lowest BCUT2D eigenvalue weighted by Gasteiger charge is -2.13. The molecule has 3 aromatic carbocycles. The summed E-state index contributed by atoms with van der Waals surface area (Å²) in [6.07, 6.45) is 0. The SMILES string of the molecule is O=C(OO)c1cccc(-c2ccccc2)c1C(=O)Oc1ccccc1. The Morgan fingerprint density at radius 3 is 2.00 bits per heavy atom. The lowest BCUT2D eigenvalue weighted by molar-refractivity contribution is -0.182. The number of esters is 1. The predicted octanol–water partition coefficient (Wildman–Crippen LogP) is 4.20. The highest BCUT2D eigenvalue weighted by Gasteiger charge is 2.24. The Kier molecular flexibility index (Phi) is 4.87. The summed E-state index contributed by atoms with van der Waals surface area (Å²) in [5.41, 5.74) is 1.18. The number of hydrogen-bond acceptors (Lipinski definition) is 5. The van der Waals surface area contributed by atoms with Gasteiger partial charge in [0.2, 0.25) is 0 Å². The van der Waals surface area contributed by atoms with Crippen LogP contribution in [0, 0.1) is 0 Å². The molecule has 1 N–H and O–H groups in total. The largest absolute Gasteiger partial charge is 0.423 e. The van der Waals surface area contributed by atoms with E-state index >= 15 is 0 Å². The molecular weight excluding hydrogens is 320 g/mol. The summed E-state index contributed by atoms with van der Waals surface area (Å²) in [5, 5.41) is 8.74. The summed E-state index contributed by atoms with van der Waals surface area (Å²) in [6, 6.07) is 22.3. The van der Waals surface area contributed by atoms with E-state index in [2.05, 4.69) is 4.89 Å². The lowest BCUT2D eigenvalue weighted by Crippen LogP contribution is -2.16. The zero-order valence-corrected chi connectivity index (χ0v) is 13.1. The van der Waals surface area contributed by atoms with Crippen molar-refractivity contribution in [1.82, 2.24) is 0 Å². The number of benzene rings is 3. The smallest absolute Gasteiger partial charge is 0.373 e. The molecule has 25 heavy (non-hydrogen) atoms. The predicted molar refractivity (Wildman–Crippen MR) is 91.3 cm³/mol. The summed E-state index contributed by atoms with van der Waals surface area (Å²) in [7, 11) is 0. The maximum Gasteiger partial charge on any atom is 0.373 e. The second kappa shape index (κ2) is 7.42. The van der Waals surface area contributed by atoms with E-state index in [-0.39, 0.29) is 11.1 Å². The molecule has 0 aliphatic carbocycles. The Morgan fingerprint density at radius 2 is 1.36 bits per heavy atom. The topological polar surface area (TPSA) is 72.8 Å². The fraction of sp³-hybridized carbons (Fsp3) is 0. The van der Waals surface area contributed by atoms with Crippen molar-refractivity contribution in [2.45, 2.75) is 0 Å². The number of ether oxygens (including phenoxy) is 1. The first kappa shape index (κ1) is 16.4. The van der Waals surface area contributed by atoms with Crippen molar-refractivity contribution in [2.24, 2.45) is 0 Å². The van der Waals surface area contributed by atoms with Crippen LogP contribution in [0.5, 0.6) is 5.75 Å². The molecule has 0 spiro atoms. The molecule has 0 atom stereocenters. The van der Waals surface area contributed by atoms with Crippen molar-refractivity contribution in [1.29, 1.82) is 0 Å². The Labute approximate surface area is 144 Å². The second-order valence-corrected chi connectivity index (χ2v) is 5.18. The van der Waals surface area contributed by atoms with Crippen LogP contribution >= 0.6 is 0 Å². The van der Waals surface area contributed by atoms with Crippen LogP contribution in [0.4, 0.5) is 0 Å². The van der Waals surface area contributed by atoms with Gasteiger partial charge in [0.25, 0.3) is 0 Å². The van der Waals surface area contributed by atoms with Gasteiger partial charge >= 0.3 is 11.9 Å². The van der Waals surface area contributed by atoms with Gasteiger partial charge in [-0.15, -0.1) is 0 Å². The number of hydrogen-bond donors (Lipinski definition) is 1. The summed E-state index contributed by atoms with van der Waals surface area (Å²) >= 11 is 0. The number of carbonyl (C=O) groups is 2. The van der Waals surface area contributed by atoms with E-state index < -0.39 is 11.9 Å². The fourth-order valence-electron chi connectivity index (χ4n) is 2.50. The van der Waals surface area contributed by atoms with Crippen molar-refractivity contribution in [3.63, 3.8) is 0 Å². The van der Waals surface area contributed by atoms with Crippen molar-refractivity contribution in [2.75, 3.05) is 0 Å². The van der Waals surface area contributed by atoms with Crippen LogP contribution in [0.2, 0.25) is 0 Å². The third kappa shape index (κ3) is 3.57. The molecule has 3 aromatic rings. The van der Waals surface area contributed by atoms with Gasteiger partial charge in [0, 0.05) is 0 Å². The quantitative estimate of drug-likeness (QED) is 0.335. The number of carbonyl (C=O) groups excluding carboxylic acids is 2. The molecule has 0 heterocycles. The van der Waals surface area contributed by atoms with E-state index in [1.807, 2.05) is 30.3 Å². The van der Waals surface area contributed by atoms with E-state index in [0.717, 1.165) is 5.56 Å². The number of rotatable bonds is 4. The highest BCUT2D eigenvalue weighted by Crippen LogP contribution is 2.28. The van der Waals surface area contributed by atoms with Crippen LogP contribution in [0.25, 0.3) is 11.1 Å². The molecule has 0 aliphatic rings. The molecule has 0 unspecified atom stereocenters. The summed E-state index contributed by atoms with van der Waals surface area (Å²) in [4.78, 5) is 28.5. The van der Waals surface area contributed by atoms with Gasteiger partial charge in [-0.25, -0.2) is 9.59 Å². The standard InChI is InChI=1S/C20H14O5/c21-19(25-23)17-13-7-12-16(14-8-3-1-4-9-14)18(17)20(22)24-15-10-5-2-6-11-15/h1-13,23H. The van der Waals surface area contributed by atoms with E-state index in [1.54, 1.807) is 42.5 Å². The minimum Gasteiger partial charge on any atom is -0.423 e. The van der Waals surface area contributed by atoms with Crippen molar-refractivity contribution in [3.8, 4) is 16.9 Å². The molecule has 0 saturated heterocycles. The summed E-state index contributed by atoms with van der Waals surface area (Å²) in [5.74, 6) is -1.40. The Hall–Kier alpha value is -3.44. The highest BCUT2D eigenvalue weighted by atomic mass is 17.1. The zero-order chi connectivity index (χ0) is 17.6. The first-order valence-electron chi connectivity index (χ1n) is 7.52. The van der Waals surface area contributed by atoms with Gasteiger partial charge in [0.05, 0.1) is 11.1 Å². The second-order valence-electron chi connectivity index (χ2n) is 5.18. The maximum atomic E-state index is 12.7. The van der Waals surface area contributed by atoms with Crippen LogP contribution in [-0.4, -0.2) is 17.2 Å². The van der Waals surface area contributed by atoms with Crippen molar-refractivity contribution >= 4 is 11.9 Å². The van der Waals surface area contributed by atoms with E-state index in [4.69, 9.17) is 9.99 Å². The van der Waals surface area contributed by atoms with Crippen LogP contribution in [0.15, 0.2) is 78.9 Å². The molecule has 5 heteroatoms. The molecule has 0 saturated carbocycles. The summed E-state index contributed by atoms with van der Waals surface area (Å²) in [6.45, 7) is 0. The van der Waals surface area contributed by atoms with Gasteiger partial charge in [-0.3, -0.25) is 4.89 Å². The average Bonchev–Trinajstić information content (AvgIpc) is 2.68. The Morgan fingerprint density at radius 1 is 0.720 bits per heavy atom. The third-order valence-electron chi connectivity index (χ3n) is 3.61. The zero-order valence-electron chi connectivity index (χ0n) is 13.1. The molecule has 0 bridgehead atoms. The number of para-hydroxylation sites is 1. The fourth-order valence-corrected chi connectivity index (χ4v) is 2.50. The van der Waals surface area contributed by atoms with Crippen LogP contribution < -0.4 is 4.74 Å². The van der Waals surface area contributed by atoms with Gasteiger partial charge in [0.1, 0.15) is 5.75 Å². The molecule has 0 aromatic heterocycles. The molecule has 0 radical (unpaired) electrons. The molecular formula is C20H14O5. The normalized spacial score (nSPS) is 10.1. The Balaban J connectivity index is 2.11. The average molecular weight is 334 g/mol. The molecule has 124 valence electrons. The Bertz CT molecular complexity index is 888. The molecule has 0 amide bonds. The maximum absolute atomic E-state index is 12.7.